The number of methoxy groups -OCH3 is 1. The summed E-state index contributed by atoms with van der Waals surface area (Å²) in [5, 5.41) is 2.68. The fourth-order valence-corrected chi connectivity index (χ4v) is 4.17. The molecule has 0 aliphatic rings. The maximum absolute atomic E-state index is 13.4. The van der Waals surface area contributed by atoms with E-state index in [1.165, 1.54) is 43.8 Å². The average Bonchev–Trinajstić information content (AvgIpc) is 2.73. The van der Waals surface area contributed by atoms with E-state index in [2.05, 4.69) is 10.3 Å². The molecule has 2 aromatic carbocycles. The predicted octanol–water partition coefficient (Wildman–Crippen LogP) is 3.37. The summed E-state index contributed by atoms with van der Waals surface area (Å²) in [7, 11) is -2.65. The van der Waals surface area contributed by atoms with E-state index in [1.54, 1.807) is 12.1 Å². The number of sulfonamides is 1. The van der Waals surface area contributed by atoms with E-state index in [0.29, 0.717) is 11.4 Å². The number of nitrogens with zero attached hydrogens (tertiary/aromatic N) is 2. The Morgan fingerprint density at radius 1 is 1.17 bits per heavy atom. The van der Waals surface area contributed by atoms with Gasteiger partial charge in [-0.25, -0.2) is 12.8 Å². The third-order valence-electron chi connectivity index (χ3n) is 4.25. The van der Waals surface area contributed by atoms with E-state index in [9.17, 15) is 17.6 Å². The normalized spacial score (nSPS) is 11.0. The molecule has 0 bridgehead atoms. The minimum atomic E-state index is -4.12. The van der Waals surface area contributed by atoms with Crippen LogP contribution in [0.1, 0.15) is 5.56 Å². The summed E-state index contributed by atoms with van der Waals surface area (Å²) in [4.78, 5) is 16.5. The van der Waals surface area contributed by atoms with Crippen molar-refractivity contribution in [2.45, 2.75) is 11.8 Å². The number of hydrogen-bond donors (Lipinski definition) is 1. The highest BCUT2D eigenvalue weighted by Crippen LogP contribution is 2.27. The first kappa shape index (κ1) is 21.3. The minimum Gasteiger partial charge on any atom is -0.495 e. The standard InChI is InChI=1S/C21H20FN3O4S/c1-15-5-10-20(29-2)19(12-15)24-21(26)14-25(17-8-6-16(22)7-9-17)30(27,28)18-4-3-11-23-13-18/h3-13H,14H2,1-2H3,(H,24,26). The molecule has 0 aliphatic carbocycles. The van der Waals surface area contributed by atoms with E-state index < -0.39 is 28.3 Å². The zero-order chi connectivity index (χ0) is 21.7. The van der Waals surface area contributed by atoms with E-state index in [-0.39, 0.29) is 10.6 Å². The van der Waals surface area contributed by atoms with Crippen molar-refractivity contribution in [3.8, 4) is 5.75 Å². The average molecular weight is 429 g/mol. The number of amides is 1. The molecular formula is C21H20FN3O4S. The Kier molecular flexibility index (Phi) is 6.31. The third kappa shape index (κ3) is 4.74. The zero-order valence-corrected chi connectivity index (χ0v) is 17.2. The smallest absolute Gasteiger partial charge is 0.266 e. The Balaban J connectivity index is 1.94. The van der Waals surface area contributed by atoms with Crippen molar-refractivity contribution in [1.29, 1.82) is 0 Å². The van der Waals surface area contributed by atoms with Crippen LogP contribution >= 0.6 is 0 Å². The van der Waals surface area contributed by atoms with Gasteiger partial charge < -0.3 is 10.1 Å². The number of rotatable bonds is 7. The van der Waals surface area contributed by atoms with Crippen LogP contribution in [-0.4, -0.2) is 33.0 Å². The van der Waals surface area contributed by atoms with Crippen LogP contribution < -0.4 is 14.4 Å². The molecule has 0 fully saturated rings. The number of carbonyl (C=O) groups is 1. The van der Waals surface area contributed by atoms with Gasteiger partial charge in [0.15, 0.2) is 0 Å². The fraction of sp³-hybridized carbons (Fsp3) is 0.143. The molecule has 0 radical (unpaired) electrons. The second-order valence-electron chi connectivity index (χ2n) is 6.43. The molecule has 1 N–H and O–H groups in total. The van der Waals surface area contributed by atoms with Crippen molar-refractivity contribution in [2.75, 3.05) is 23.3 Å². The van der Waals surface area contributed by atoms with Gasteiger partial charge in [0.1, 0.15) is 23.0 Å². The molecule has 156 valence electrons. The van der Waals surface area contributed by atoms with E-state index in [1.807, 2.05) is 13.0 Å². The maximum atomic E-state index is 13.4. The van der Waals surface area contributed by atoms with Gasteiger partial charge in [0.2, 0.25) is 5.91 Å². The van der Waals surface area contributed by atoms with Gasteiger partial charge in [-0.3, -0.25) is 14.1 Å². The second-order valence-corrected chi connectivity index (χ2v) is 8.29. The Labute approximate surface area is 174 Å². The molecule has 0 aliphatic heterocycles. The van der Waals surface area contributed by atoms with Crippen LogP contribution in [0.15, 0.2) is 71.9 Å². The summed E-state index contributed by atoms with van der Waals surface area (Å²) < 4.78 is 45.9. The van der Waals surface area contributed by atoms with Crippen molar-refractivity contribution in [3.63, 3.8) is 0 Å². The molecule has 3 aromatic rings. The lowest BCUT2D eigenvalue weighted by molar-refractivity contribution is -0.114. The third-order valence-corrected chi connectivity index (χ3v) is 6.01. The van der Waals surface area contributed by atoms with Gasteiger partial charge in [-0.2, -0.15) is 0 Å². The second kappa shape index (κ2) is 8.91. The highest BCUT2D eigenvalue weighted by molar-refractivity contribution is 7.92. The molecule has 30 heavy (non-hydrogen) atoms. The minimum absolute atomic E-state index is 0.0877. The summed E-state index contributed by atoms with van der Waals surface area (Å²) >= 11 is 0. The molecule has 0 saturated heterocycles. The molecule has 1 aromatic heterocycles. The lowest BCUT2D eigenvalue weighted by Crippen LogP contribution is -2.38. The number of carbonyl (C=O) groups excluding carboxylic acids is 1. The first-order valence-electron chi connectivity index (χ1n) is 8.94. The van der Waals surface area contributed by atoms with Crippen LogP contribution in [-0.2, 0) is 14.8 Å². The van der Waals surface area contributed by atoms with Crippen LogP contribution in [0.5, 0.6) is 5.75 Å². The van der Waals surface area contributed by atoms with Gasteiger partial charge in [0.25, 0.3) is 10.0 Å². The van der Waals surface area contributed by atoms with Crippen molar-refractivity contribution in [1.82, 2.24) is 4.98 Å². The Bertz CT molecular complexity index is 1140. The van der Waals surface area contributed by atoms with Gasteiger partial charge in [-0.1, -0.05) is 6.07 Å². The lowest BCUT2D eigenvalue weighted by Gasteiger charge is -2.24. The van der Waals surface area contributed by atoms with E-state index >= 15 is 0 Å². The van der Waals surface area contributed by atoms with Crippen LogP contribution in [0.2, 0.25) is 0 Å². The molecular weight excluding hydrogens is 409 g/mol. The number of pyridine rings is 1. The molecule has 1 amide bonds. The number of benzene rings is 2. The molecule has 0 saturated carbocycles. The van der Waals surface area contributed by atoms with Gasteiger partial charge in [-0.15, -0.1) is 0 Å². The monoisotopic (exact) mass is 429 g/mol. The topological polar surface area (TPSA) is 88.6 Å². The first-order chi connectivity index (χ1) is 14.3. The summed E-state index contributed by atoms with van der Waals surface area (Å²) in [6, 6.07) is 12.9. The summed E-state index contributed by atoms with van der Waals surface area (Å²) in [6.45, 7) is 1.33. The van der Waals surface area contributed by atoms with Gasteiger partial charge in [0.05, 0.1) is 18.5 Å². The lowest BCUT2D eigenvalue weighted by atomic mass is 10.2. The Morgan fingerprint density at radius 2 is 1.90 bits per heavy atom. The number of halogens is 1. The van der Waals surface area contributed by atoms with E-state index in [0.717, 1.165) is 22.0 Å². The zero-order valence-electron chi connectivity index (χ0n) is 16.4. The van der Waals surface area contributed by atoms with Crippen molar-refractivity contribution in [3.05, 3.63) is 78.4 Å². The van der Waals surface area contributed by atoms with Crippen molar-refractivity contribution in [2.24, 2.45) is 0 Å². The quantitative estimate of drug-likeness (QED) is 0.622. The van der Waals surface area contributed by atoms with Crippen molar-refractivity contribution >= 4 is 27.3 Å². The largest absolute Gasteiger partial charge is 0.495 e. The molecule has 7 nitrogen and oxygen atoms in total. The van der Waals surface area contributed by atoms with Gasteiger partial charge in [-0.05, 0) is 61.0 Å². The van der Waals surface area contributed by atoms with Crippen LogP contribution in [0, 0.1) is 12.7 Å². The number of ether oxygens (including phenoxy) is 1. The summed E-state index contributed by atoms with van der Waals surface area (Å²) in [5.41, 5.74) is 1.46. The summed E-state index contributed by atoms with van der Waals surface area (Å²) in [6.07, 6.45) is 2.63. The highest BCUT2D eigenvalue weighted by atomic mass is 32.2. The first-order valence-corrected chi connectivity index (χ1v) is 10.4. The number of hydrogen-bond acceptors (Lipinski definition) is 5. The number of aromatic nitrogens is 1. The maximum Gasteiger partial charge on any atom is 0.266 e. The molecule has 3 rings (SSSR count). The molecule has 0 unspecified atom stereocenters. The SMILES string of the molecule is COc1ccc(C)cc1NC(=O)CN(c1ccc(F)cc1)S(=O)(=O)c1cccnc1. The Hall–Kier alpha value is -3.46. The number of nitrogens with one attached hydrogen (secondary N) is 1. The van der Waals surface area contributed by atoms with Crippen LogP contribution in [0.25, 0.3) is 0 Å². The number of aryl methyl sites for hydroxylation is 1. The van der Waals surface area contributed by atoms with Gasteiger partial charge in [0, 0.05) is 12.4 Å². The molecule has 0 spiro atoms. The van der Waals surface area contributed by atoms with Gasteiger partial charge >= 0.3 is 0 Å². The van der Waals surface area contributed by atoms with Crippen molar-refractivity contribution < 1.29 is 22.3 Å². The van der Waals surface area contributed by atoms with E-state index in [4.69, 9.17) is 4.74 Å². The summed E-state index contributed by atoms with van der Waals surface area (Å²) in [5.74, 6) is -0.667. The highest BCUT2D eigenvalue weighted by Gasteiger charge is 2.27. The molecule has 1 heterocycles. The number of anilines is 2. The predicted molar refractivity (Wildman–Crippen MR) is 112 cm³/mol. The fourth-order valence-electron chi connectivity index (χ4n) is 2.79. The van der Waals surface area contributed by atoms with Crippen LogP contribution in [0.4, 0.5) is 15.8 Å². The molecule has 9 heteroatoms. The Morgan fingerprint density at radius 3 is 2.53 bits per heavy atom. The molecule has 0 atom stereocenters. The van der Waals surface area contributed by atoms with Crippen LogP contribution in [0.3, 0.4) is 0 Å².